The van der Waals surface area contributed by atoms with Crippen LogP contribution < -0.4 is 4.74 Å². The highest BCUT2D eigenvalue weighted by Gasteiger charge is 2.20. The van der Waals surface area contributed by atoms with Gasteiger partial charge in [0.15, 0.2) is 23.1 Å². The average Bonchev–Trinajstić information content (AvgIpc) is 3.37. The molecule has 0 atom stereocenters. The van der Waals surface area contributed by atoms with Crippen molar-refractivity contribution < 1.29 is 17.9 Å². The third kappa shape index (κ3) is 3.43. The van der Waals surface area contributed by atoms with Crippen molar-refractivity contribution in [2.45, 2.75) is 6.61 Å². The van der Waals surface area contributed by atoms with Gasteiger partial charge in [0.1, 0.15) is 30.0 Å². The van der Waals surface area contributed by atoms with Crippen LogP contribution in [0.1, 0.15) is 5.82 Å². The second-order valence-corrected chi connectivity index (χ2v) is 6.85. The van der Waals surface area contributed by atoms with E-state index in [4.69, 9.17) is 4.74 Å². The van der Waals surface area contributed by atoms with Gasteiger partial charge in [-0.25, -0.2) is 18.2 Å². The Kier molecular flexibility index (Phi) is 4.77. The fourth-order valence-corrected chi connectivity index (χ4v) is 3.24. The Morgan fingerprint density at radius 2 is 1.78 bits per heavy atom. The molecule has 0 unspecified atom stereocenters. The normalized spacial score (nSPS) is 11.2. The molecule has 0 spiro atoms. The van der Waals surface area contributed by atoms with Gasteiger partial charge in [0.25, 0.3) is 0 Å². The quantitative estimate of drug-likeness (QED) is 0.418. The van der Waals surface area contributed by atoms with E-state index in [9.17, 15) is 13.2 Å². The van der Waals surface area contributed by atoms with Crippen molar-refractivity contribution in [3.8, 4) is 22.7 Å². The molecule has 0 saturated carbocycles. The number of benzene rings is 2. The van der Waals surface area contributed by atoms with Gasteiger partial charge in [-0.1, -0.05) is 23.4 Å². The van der Waals surface area contributed by atoms with Crippen LogP contribution in [-0.2, 0) is 13.7 Å². The number of aromatic nitrogens is 7. The second-order valence-electron chi connectivity index (χ2n) is 6.85. The first-order chi connectivity index (χ1) is 15.5. The predicted octanol–water partition coefficient (Wildman–Crippen LogP) is 3.61. The van der Waals surface area contributed by atoms with E-state index in [-0.39, 0.29) is 23.7 Å². The fraction of sp³-hybridized carbons (Fsp3) is 0.0952. The molecule has 2 aromatic carbocycles. The molecular formula is C21H14F3N7O. The van der Waals surface area contributed by atoms with Crippen molar-refractivity contribution in [2.24, 2.45) is 7.05 Å². The molecule has 0 amide bonds. The van der Waals surface area contributed by atoms with Crippen LogP contribution in [-0.4, -0.2) is 34.7 Å². The van der Waals surface area contributed by atoms with Gasteiger partial charge in [-0.15, -0.1) is 5.10 Å². The third-order valence-corrected chi connectivity index (χ3v) is 4.82. The van der Waals surface area contributed by atoms with E-state index in [2.05, 4.69) is 25.4 Å². The molecule has 0 aliphatic rings. The molecule has 5 rings (SSSR count). The summed E-state index contributed by atoms with van der Waals surface area (Å²) < 4.78 is 51.0. The Bertz CT molecular complexity index is 1430. The maximum absolute atomic E-state index is 14.4. The molecule has 11 heteroatoms. The Morgan fingerprint density at radius 3 is 2.50 bits per heavy atom. The third-order valence-electron chi connectivity index (χ3n) is 4.82. The first kappa shape index (κ1) is 19.7. The van der Waals surface area contributed by atoms with Crippen LogP contribution >= 0.6 is 0 Å². The number of halogens is 3. The molecule has 0 fully saturated rings. The van der Waals surface area contributed by atoms with Crippen LogP contribution in [0.2, 0.25) is 0 Å². The number of ether oxygens (including phenoxy) is 1. The average molecular weight is 437 g/mol. The Balaban J connectivity index is 1.68. The number of hydrogen-bond donors (Lipinski definition) is 0. The van der Waals surface area contributed by atoms with E-state index in [1.165, 1.54) is 29.2 Å². The number of aryl methyl sites for hydroxylation is 1. The summed E-state index contributed by atoms with van der Waals surface area (Å²) in [6, 6.07) is 10.9. The minimum Gasteiger partial charge on any atom is -0.469 e. The smallest absolute Gasteiger partial charge is 0.224 e. The van der Waals surface area contributed by atoms with Crippen LogP contribution in [0.3, 0.4) is 0 Å². The number of hydrogen-bond acceptors (Lipinski definition) is 6. The van der Waals surface area contributed by atoms with Crippen molar-refractivity contribution in [1.82, 2.24) is 34.7 Å². The summed E-state index contributed by atoms with van der Waals surface area (Å²) in [6.07, 6.45) is 1.38. The predicted molar refractivity (Wildman–Crippen MR) is 107 cm³/mol. The number of nitrogens with zero attached hydrogens (tertiary/aromatic N) is 7. The van der Waals surface area contributed by atoms with Gasteiger partial charge in [-0.2, -0.15) is 14.8 Å². The van der Waals surface area contributed by atoms with Gasteiger partial charge in [-0.05, 0) is 35.9 Å². The zero-order chi connectivity index (χ0) is 22.2. The minimum absolute atomic E-state index is 0.00689. The van der Waals surface area contributed by atoms with Crippen LogP contribution in [0.15, 0.2) is 54.9 Å². The number of rotatable bonds is 5. The Labute approximate surface area is 178 Å². The summed E-state index contributed by atoms with van der Waals surface area (Å²) in [5.41, 5.74) is 0.819. The molecule has 32 heavy (non-hydrogen) atoms. The number of para-hydroxylation sites is 1. The van der Waals surface area contributed by atoms with Crippen LogP contribution in [0.25, 0.3) is 28.0 Å². The molecular weight excluding hydrogens is 423 g/mol. The summed E-state index contributed by atoms with van der Waals surface area (Å²) in [5.74, 6) is -1.49. The van der Waals surface area contributed by atoms with Gasteiger partial charge < -0.3 is 4.74 Å². The van der Waals surface area contributed by atoms with Crippen molar-refractivity contribution in [2.75, 3.05) is 0 Å². The summed E-state index contributed by atoms with van der Waals surface area (Å²) in [5, 5.41) is 11.8. The summed E-state index contributed by atoms with van der Waals surface area (Å²) >= 11 is 0. The van der Waals surface area contributed by atoms with E-state index >= 15 is 0 Å². The first-order valence-corrected chi connectivity index (χ1v) is 9.43. The SMILES string of the molecule is Cn1ncnc1COc1nc2c(cc1-c1cccc(F)c1)nnn2-c1c(F)cccc1F. The first-order valence-electron chi connectivity index (χ1n) is 9.43. The van der Waals surface area contributed by atoms with E-state index in [0.717, 1.165) is 16.8 Å². The van der Waals surface area contributed by atoms with Crippen molar-refractivity contribution in [3.05, 3.63) is 78.1 Å². The molecule has 5 aromatic rings. The lowest BCUT2D eigenvalue weighted by Crippen LogP contribution is -2.08. The lowest BCUT2D eigenvalue weighted by molar-refractivity contribution is 0.280. The van der Waals surface area contributed by atoms with Crippen LogP contribution in [0.5, 0.6) is 5.88 Å². The molecule has 3 heterocycles. The fourth-order valence-electron chi connectivity index (χ4n) is 3.24. The maximum Gasteiger partial charge on any atom is 0.224 e. The minimum atomic E-state index is -0.825. The van der Waals surface area contributed by atoms with Crippen LogP contribution in [0, 0.1) is 17.5 Å². The molecule has 0 saturated heterocycles. The highest BCUT2D eigenvalue weighted by molar-refractivity contribution is 5.82. The highest BCUT2D eigenvalue weighted by atomic mass is 19.1. The zero-order valence-corrected chi connectivity index (χ0v) is 16.6. The Morgan fingerprint density at radius 1 is 1.00 bits per heavy atom. The van der Waals surface area contributed by atoms with E-state index < -0.39 is 23.1 Å². The number of fused-ring (bicyclic) bond motifs is 1. The second kappa shape index (κ2) is 7.76. The molecule has 8 nitrogen and oxygen atoms in total. The molecule has 0 N–H and O–H groups in total. The van der Waals surface area contributed by atoms with Gasteiger partial charge in [0.05, 0.1) is 0 Å². The summed E-state index contributed by atoms with van der Waals surface area (Å²) in [7, 11) is 1.70. The molecule has 0 bridgehead atoms. The summed E-state index contributed by atoms with van der Waals surface area (Å²) in [6.45, 7) is 0.00689. The van der Waals surface area contributed by atoms with Gasteiger partial charge in [-0.3, -0.25) is 4.68 Å². The number of pyridine rings is 1. The highest BCUT2D eigenvalue weighted by Crippen LogP contribution is 2.33. The van der Waals surface area contributed by atoms with E-state index in [1.54, 1.807) is 25.2 Å². The standard InChI is InChI=1S/C21H14F3N7O/c1-30-18(25-11-26-30)10-32-21-14(12-4-2-5-13(22)8-12)9-17-20(27-21)31(29-28-17)19-15(23)6-3-7-16(19)24/h2-9,11H,10H2,1H3. The molecule has 0 aliphatic heterocycles. The van der Waals surface area contributed by atoms with Crippen LogP contribution in [0.4, 0.5) is 13.2 Å². The molecule has 0 radical (unpaired) electrons. The van der Waals surface area contributed by atoms with E-state index in [0.29, 0.717) is 17.0 Å². The van der Waals surface area contributed by atoms with Crippen molar-refractivity contribution >= 4 is 11.2 Å². The summed E-state index contributed by atoms with van der Waals surface area (Å²) in [4.78, 5) is 8.53. The molecule has 3 aromatic heterocycles. The van der Waals surface area contributed by atoms with Gasteiger partial charge in [0, 0.05) is 12.6 Å². The van der Waals surface area contributed by atoms with Gasteiger partial charge >= 0.3 is 0 Å². The monoisotopic (exact) mass is 437 g/mol. The Hall–Kier alpha value is -4.28. The topological polar surface area (TPSA) is 83.5 Å². The zero-order valence-electron chi connectivity index (χ0n) is 16.6. The lowest BCUT2D eigenvalue weighted by atomic mass is 10.1. The maximum atomic E-state index is 14.4. The van der Waals surface area contributed by atoms with Crippen molar-refractivity contribution in [3.63, 3.8) is 0 Å². The largest absolute Gasteiger partial charge is 0.469 e. The molecule has 160 valence electrons. The van der Waals surface area contributed by atoms with E-state index in [1.807, 2.05) is 0 Å². The molecule has 0 aliphatic carbocycles. The van der Waals surface area contributed by atoms with Crippen molar-refractivity contribution in [1.29, 1.82) is 0 Å². The van der Waals surface area contributed by atoms with Gasteiger partial charge in [0.2, 0.25) is 5.88 Å². The lowest BCUT2D eigenvalue weighted by Gasteiger charge is -2.12.